The lowest BCUT2D eigenvalue weighted by atomic mass is 10.3. The molecule has 0 aromatic carbocycles. The largest absolute Gasteiger partial charge is 0.0654 e. The molecule has 11 heavy (non-hydrogen) atoms. The number of hydrogen-bond acceptors (Lipinski definition) is 0. The molecule has 0 aromatic rings. The molecule has 0 heterocycles. The zero-order valence-corrected chi connectivity index (χ0v) is 9.63. The minimum absolute atomic E-state index is 1.36. The van der Waals surface area contributed by atoms with Crippen molar-refractivity contribution in [1.82, 2.24) is 0 Å². The van der Waals surface area contributed by atoms with Crippen molar-refractivity contribution in [3.63, 3.8) is 0 Å². The van der Waals surface area contributed by atoms with Crippen LogP contribution in [0, 0.1) is 0 Å². The van der Waals surface area contributed by atoms with Crippen LogP contribution in [-0.2, 0) is 0 Å². The topological polar surface area (TPSA) is 0 Å². The van der Waals surface area contributed by atoms with E-state index in [0.29, 0.717) is 0 Å². The zero-order valence-electron chi connectivity index (χ0n) is 7.84. The summed E-state index contributed by atoms with van der Waals surface area (Å²) in [6, 6.07) is 0. The van der Waals surface area contributed by atoms with Crippen molar-refractivity contribution < 1.29 is 0 Å². The highest BCUT2D eigenvalue weighted by Crippen LogP contribution is 2.37. The molecular formula is C9H20P2. The Kier molecular flexibility index (Phi) is 11.7. The van der Waals surface area contributed by atoms with Gasteiger partial charge >= 0.3 is 0 Å². The van der Waals surface area contributed by atoms with E-state index in [-0.39, 0.29) is 0 Å². The van der Waals surface area contributed by atoms with E-state index >= 15 is 0 Å². The Morgan fingerprint density at radius 2 is 1.27 bits per heavy atom. The van der Waals surface area contributed by atoms with Gasteiger partial charge in [0.2, 0.25) is 0 Å². The van der Waals surface area contributed by atoms with Gasteiger partial charge in [0, 0.05) is 0 Å². The fraction of sp³-hybridized carbons (Fsp3) is 1.00. The lowest BCUT2D eigenvalue weighted by molar-refractivity contribution is 0.778. The van der Waals surface area contributed by atoms with Gasteiger partial charge < -0.3 is 0 Å². The smallest absolute Gasteiger partial charge is 0.0242 e. The maximum absolute atomic E-state index is 2.27. The van der Waals surface area contributed by atoms with E-state index in [4.69, 9.17) is 0 Å². The molecule has 2 heteroatoms. The Balaban J connectivity index is 2.69. The summed E-state index contributed by atoms with van der Waals surface area (Å²) in [6.07, 6.45) is 9.86. The summed E-state index contributed by atoms with van der Waals surface area (Å²) in [5.41, 5.74) is 0. The van der Waals surface area contributed by atoms with Gasteiger partial charge in [-0.2, -0.15) is 0 Å². The molecule has 0 N–H and O–H groups in total. The third kappa shape index (κ3) is 10.9. The molecule has 0 saturated heterocycles. The van der Waals surface area contributed by atoms with Crippen molar-refractivity contribution in [3.05, 3.63) is 0 Å². The minimum Gasteiger partial charge on any atom is -0.0654 e. The monoisotopic (exact) mass is 190 g/mol. The van der Waals surface area contributed by atoms with Crippen LogP contribution in [0.1, 0.15) is 46.0 Å². The first kappa shape index (κ1) is 11.9. The molecule has 0 nitrogen and oxygen atoms in total. The van der Waals surface area contributed by atoms with E-state index < -0.39 is 0 Å². The third-order valence-corrected chi connectivity index (χ3v) is 4.61. The normalized spacial score (nSPS) is 12.5. The van der Waals surface area contributed by atoms with Crippen molar-refractivity contribution in [2.45, 2.75) is 46.0 Å². The van der Waals surface area contributed by atoms with E-state index in [1.807, 2.05) is 0 Å². The summed E-state index contributed by atoms with van der Waals surface area (Å²) in [5, 5.41) is 0. The van der Waals surface area contributed by atoms with Crippen LogP contribution in [-0.4, -0.2) is 12.3 Å². The van der Waals surface area contributed by atoms with E-state index in [1.54, 1.807) is 16.5 Å². The van der Waals surface area contributed by atoms with Crippen molar-refractivity contribution >= 4 is 16.5 Å². The molecule has 66 valence electrons. The third-order valence-electron chi connectivity index (χ3n) is 1.57. The van der Waals surface area contributed by atoms with Gasteiger partial charge in [-0.1, -0.05) is 33.1 Å². The van der Waals surface area contributed by atoms with Gasteiger partial charge in [-0.05, 0) is 41.7 Å². The van der Waals surface area contributed by atoms with Gasteiger partial charge in [0.05, 0.1) is 0 Å². The second-order valence-corrected chi connectivity index (χ2v) is 5.95. The van der Waals surface area contributed by atoms with E-state index in [0.717, 1.165) is 0 Å². The Labute approximate surface area is 75.4 Å². The summed E-state index contributed by atoms with van der Waals surface area (Å²) < 4.78 is 0. The number of hydrogen-bond donors (Lipinski definition) is 0. The van der Waals surface area contributed by atoms with Crippen LogP contribution < -0.4 is 0 Å². The van der Waals surface area contributed by atoms with Crippen LogP contribution in [0.25, 0.3) is 0 Å². The second kappa shape index (κ2) is 10.9. The van der Waals surface area contributed by atoms with E-state index in [9.17, 15) is 0 Å². The molecule has 0 amide bonds. The lowest BCUT2D eigenvalue weighted by Crippen LogP contribution is -1.75. The average Bonchev–Trinajstić information content (AvgIpc) is 2.03. The molecule has 0 unspecified atom stereocenters. The molecular weight excluding hydrogens is 170 g/mol. The van der Waals surface area contributed by atoms with Crippen molar-refractivity contribution in [3.8, 4) is 0 Å². The highest BCUT2D eigenvalue weighted by Gasteiger charge is 1.90. The van der Waals surface area contributed by atoms with E-state index in [1.165, 1.54) is 44.4 Å². The highest BCUT2D eigenvalue weighted by molar-refractivity contribution is 8.11. The molecule has 0 aliphatic heterocycles. The van der Waals surface area contributed by atoms with Crippen LogP contribution in [0.15, 0.2) is 0 Å². The van der Waals surface area contributed by atoms with Crippen molar-refractivity contribution in [1.29, 1.82) is 0 Å². The van der Waals surface area contributed by atoms with Crippen LogP contribution in [0.4, 0.5) is 0 Å². The first-order chi connectivity index (χ1) is 5.41. The number of rotatable bonds is 8. The van der Waals surface area contributed by atoms with Crippen LogP contribution in [0.3, 0.4) is 0 Å². The minimum atomic E-state index is 1.36. The summed E-state index contributed by atoms with van der Waals surface area (Å²) in [5.74, 6) is 0. The molecule has 0 atom stereocenters. The highest BCUT2D eigenvalue weighted by atomic mass is 32.0. The molecule has 2 radical (unpaired) electrons. The molecule has 0 bridgehead atoms. The Bertz CT molecular complexity index is 56.6. The van der Waals surface area contributed by atoms with E-state index in [2.05, 4.69) is 13.8 Å². The summed E-state index contributed by atoms with van der Waals surface area (Å²) in [6.45, 7) is 4.54. The zero-order chi connectivity index (χ0) is 8.36. The van der Waals surface area contributed by atoms with Gasteiger partial charge in [0.25, 0.3) is 0 Å². The van der Waals surface area contributed by atoms with Crippen LogP contribution in [0.5, 0.6) is 0 Å². The van der Waals surface area contributed by atoms with Crippen LogP contribution in [0.2, 0.25) is 0 Å². The maximum Gasteiger partial charge on any atom is -0.0242 e. The molecule has 0 spiro atoms. The fourth-order valence-electron chi connectivity index (χ4n) is 0.803. The fourth-order valence-corrected chi connectivity index (χ4v) is 3.61. The summed E-state index contributed by atoms with van der Waals surface area (Å²) >= 11 is 0. The molecule has 0 rings (SSSR count). The Morgan fingerprint density at radius 1 is 0.727 bits per heavy atom. The number of unbranched alkanes of at least 4 members (excludes halogenated alkanes) is 3. The SMILES string of the molecule is CCCCC[P][P]CCCC. The molecule has 0 aliphatic carbocycles. The molecule has 0 saturated carbocycles. The predicted molar refractivity (Wildman–Crippen MR) is 58.0 cm³/mol. The standard InChI is InChI=1S/C9H20P2/c1-3-5-7-9-11-10-8-6-4-2/h3-9H2,1-2H3. The lowest BCUT2D eigenvalue weighted by Gasteiger charge is -1.97. The maximum atomic E-state index is 2.27. The Hall–Kier alpha value is 0.860. The average molecular weight is 190 g/mol. The van der Waals surface area contributed by atoms with Crippen molar-refractivity contribution in [2.24, 2.45) is 0 Å². The summed E-state index contributed by atoms with van der Waals surface area (Å²) in [4.78, 5) is 0. The van der Waals surface area contributed by atoms with Crippen molar-refractivity contribution in [2.75, 3.05) is 12.3 Å². The Morgan fingerprint density at radius 3 is 1.82 bits per heavy atom. The van der Waals surface area contributed by atoms with Gasteiger partial charge in [0.1, 0.15) is 0 Å². The first-order valence-electron chi connectivity index (χ1n) is 4.75. The van der Waals surface area contributed by atoms with Gasteiger partial charge in [-0.15, -0.1) is 0 Å². The van der Waals surface area contributed by atoms with Gasteiger partial charge in [-0.3, -0.25) is 0 Å². The van der Waals surface area contributed by atoms with Gasteiger partial charge in [-0.25, -0.2) is 0 Å². The van der Waals surface area contributed by atoms with Crippen LogP contribution >= 0.6 is 16.5 Å². The summed E-state index contributed by atoms with van der Waals surface area (Å²) in [7, 11) is 3.33. The predicted octanol–water partition coefficient (Wildman–Crippen LogP) is 4.78. The molecule has 0 fully saturated rings. The molecule has 0 aliphatic rings. The second-order valence-electron chi connectivity index (χ2n) is 2.79. The quantitative estimate of drug-likeness (QED) is 0.381. The first-order valence-corrected chi connectivity index (χ1v) is 7.61. The molecule has 0 aromatic heterocycles. The van der Waals surface area contributed by atoms with Gasteiger partial charge in [0.15, 0.2) is 0 Å².